The van der Waals surface area contributed by atoms with Crippen LogP contribution in [0.4, 0.5) is 32.0 Å². The number of carbonyl (C=O) groups is 1. The third-order valence-corrected chi connectivity index (χ3v) is 8.24. The van der Waals surface area contributed by atoms with E-state index in [9.17, 15) is 44.7 Å². The van der Waals surface area contributed by atoms with Crippen molar-refractivity contribution in [3.8, 4) is 5.75 Å². The van der Waals surface area contributed by atoms with Crippen molar-refractivity contribution >= 4 is 45.4 Å². The second-order valence-corrected chi connectivity index (χ2v) is 11.2. The van der Waals surface area contributed by atoms with Crippen molar-refractivity contribution < 1.29 is 79.0 Å². The predicted molar refractivity (Wildman–Crippen MR) is 136 cm³/mol. The predicted octanol–water partition coefficient (Wildman–Crippen LogP) is 3.04. The number of carbonyl (C=O) groups excluding carboxylic acids is 1. The van der Waals surface area contributed by atoms with Gasteiger partial charge in [-0.25, -0.2) is 8.42 Å². The van der Waals surface area contributed by atoms with Crippen LogP contribution in [0.15, 0.2) is 65.6 Å². The molecular formula is C27H19ClF6NNaO5S. The summed E-state index contributed by atoms with van der Waals surface area (Å²) in [6.45, 7) is -0.450. The zero-order chi connectivity index (χ0) is 30.2. The van der Waals surface area contributed by atoms with Crippen molar-refractivity contribution in [2.24, 2.45) is 0 Å². The average Bonchev–Trinajstić information content (AvgIpc) is 2.89. The van der Waals surface area contributed by atoms with Crippen LogP contribution in [0.2, 0.25) is 5.02 Å². The maximum Gasteiger partial charge on any atom is 1.00 e. The van der Waals surface area contributed by atoms with E-state index in [1.165, 1.54) is 30.3 Å². The zero-order valence-electron chi connectivity index (χ0n) is 21.7. The third kappa shape index (κ3) is 7.62. The molecule has 0 radical (unpaired) electrons. The molecule has 0 spiro atoms. The van der Waals surface area contributed by atoms with Gasteiger partial charge in [0.15, 0.2) is 0 Å². The molecule has 3 aromatic carbocycles. The average molecular weight is 642 g/mol. The molecule has 218 valence electrons. The number of anilines is 1. The second-order valence-electron chi connectivity index (χ2n) is 8.97. The van der Waals surface area contributed by atoms with Gasteiger partial charge in [0.05, 0.1) is 28.3 Å². The summed E-state index contributed by atoms with van der Waals surface area (Å²) in [4.78, 5) is 10.3. The third-order valence-electron chi connectivity index (χ3n) is 6.14. The van der Waals surface area contributed by atoms with E-state index in [4.69, 9.17) is 16.3 Å². The van der Waals surface area contributed by atoms with E-state index in [2.05, 4.69) is 0 Å². The Labute approximate surface area is 263 Å². The molecule has 1 heterocycles. The van der Waals surface area contributed by atoms with Crippen molar-refractivity contribution in [1.82, 2.24) is 0 Å². The molecule has 0 saturated heterocycles. The topological polar surface area (TPSA) is 86.7 Å². The molecule has 0 N–H and O–H groups in total. The summed E-state index contributed by atoms with van der Waals surface area (Å²) in [5.74, 6) is -1.44. The maximum absolute atomic E-state index is 13.6. The summed E-state index contributed by atoms with van der Waals surface area (Å²) in [5.41, 5.74) is -2.40. The molecule has 42 heavy (non-hydrogen) atoms. The smallest absolute Gasteiger partial charge is 0.550 e. The molecule has 0 bridgehead atoms. The Hall–Kier alpha value is -2.71. The number of nitrogens with zero attached hydrogens (tertiary/aromatic N) is 1. The van der Waals surface area contributed by atoms with E-state index < -0.39 is 63.4 Å². The van der Waals surface area contributed by atoms with E-state index in [1.54, 1.807) is 0 Å². The molecule has 0 unspecified atom stereocenters. The first-order valence-electron chi connectivity index (χ1n) is 11.8. The SMILES string of the molecule is O=C([O-])CC[C@H]1CN(S(=O)(=O)c2cccc(C(F)(F)F)c2)c2cc(/C=C/c3c(Cl)cccc3C(F)(F)F)ccc2O1.[Na+]. The molecule has 0 aliphatic carbocycles. The first-order valence-corrected chi connectivity index (χ1v) is 13.6. The molecular weight excluding hydrogens is 623 g/mol. The largest absolute Gasteiger partial charge is 1.00 e. The zero-order valence-corrected chi connectivity index (χ0v) is 25.2. The van der Waals surface area contributed by atoms with Gasteiger partial charge in [0, 0.05) is 16.6 Å². The summed E-state index contributed by atoms with van der Waals surface area (Å²) < 4.78 is 114. The molecule has 0 saturated carbocycles. The van der Waals surface area contributed by atoms with Crippen molar-refractivity contribution in [2.75, 3.05) is 10.8 Å². The normalized spacial score (nSPS) is 15.6. The molecule has 4 rings (SSSR count). The van der Waals surface area contributed by atoms with E-state index in [1.807, 2.05) is 0 Å². The van der Waals surface area contributed by atoms with Gasteiger partial charge in [0.1, 0.15) is 11.9 Å². The van der Waals surface area contributed by atoms with Gasteiger partial charge in [-0.2, -0.15) is 26.3 Å². The van der Waals surface area contributed by atoms with Gasteiger partial charge in [0.2, 0.25) is 0 Å². The van der Waals surface area contributed by atoms with Crippen LogP contribution >= 0.6 is 11.6 Å². The number of hydrogen-bond acceptors (Lipinski definition) is 5. The standard InChI is InChI=1S/C27H20ClF6NO5S.Na/c28-22-6-2-5-21(27(32,33)34)20(22)10-7-16-8-11-24-23(13-16)35(15-18(40-24)9-12-25(36)37)41(38,39)19-4-1-3-17(14-19)26(29,30)31;/h1-8,10-11,13-14,18H,9,12,15H2,(H,36,37);/q;+1/p-1/b10-7+;/t18-;/m0./s1. The number of benzene rings is 3. The van der Waals surface area contributed by atoms with Crippen LogP contribution in [0.1, 0.15) is 35.1 Å². The molecule has 1 aliphatic rings. The van der Waals surface area contributed by atoms with Crippen LogP contribution in [0.3, 0.4) is 0 Å². The van der Waals surface area contributed by atoms with Crippen LogP contribution in [-0.4, -0.2) is 27.0 Å². The summed E-state index contributed by atoms with van der Waals surface area (Å²) in [6, 6.07) is 10.4. The molecule has 6 nitrogen and oxygen atoms in total. The van der Waals surface area contributed by atoms with Crippen LogP contribution < -0.4 is 43.7 Å². The van der Waals surface area contributed by atoms with Crippen LogP contribution in [0.25, 0.3) is 12.2 Å². The Bertz CT molecular complexity index is 1610. The first-order chi connectivity index (χ1) is 19.1. The Morgan fingerprint density at radius 1 is 1.00 bits per heavy atom. The number of ether oxygens (including phenoxy) is 1. The fourth-order valence-corrected chi connectivity index (χ4v) is 5.97. The fraction of sp³-hybridized carbons (Fsp3) is 0.222. The van der Waals surface area contributed by atoms with Crippen LogP contribution in [0.5, 0.6) is 5.75 Å². The minimum Gasteiger partial charge on any atom is -0.550 e. The number of hydrogen-bond donors (Lipinski definition) is 0. The monoisotopic (exact) mass is 641 g/mol. The van der Waals surface area contributed by atoms with Crippen molar-refractivity contribution in [3.63, 3.8) is 0 Å². The van der Waals surface area contributed by atoms with Gasteiger partial charge < -0.3 is 14.6 Å². The molecule has 15 heteroatoms. The van der Waals surface area contributed by atoms with E-state index in [-0.39, 0.29) is 63.6 Å². The van der Waals surface area contributed by atoms with E-state index in [0.717, 1.165) is 34.6 Å². The van der Waals surface area contributed by atoms with Gasteiger partial charge in [-0.3, -0.25) is 4.31 Å². The van der Waals surface area contributed by atoms with Gasteiger partial charge >= 0.3 is 41.9 Å². The molecule has 0 fully saturated rings. The summed E-state index contributed by atoms with van der Waals surface area (Å²) in [7, 11) is -4.65. The quantitative estimate of drug-likeness (QED) is 0.225. The van der Waals surface area contributed by atoms with Crippen LogP contribution in [-0.2, 0) is 27.2 Å². The minimum absolute atomic E-state index is 0. The van der Waals surface area contributed by atoms with Crippen molar-refractivity contribution in [3.05, 3.63) is 87.9 Å². The summed E-state index contributed by atoms with van der Waals surface area (Å²) >= 11 is 6.00. The fourth-order valence-electron chi connectivity index (χ4n) is 4.18. The number of alkyl halides is 6. The first kappa shape index (κ1) is 33.8. The molecule has 1 atom stereocenters. The molecule has 3 aromatic rings. The van der Waals surface area contributed by atoms with E-state index in [0.29, 0.717) is 12.1 Å². The van der Waals surface area contributed by atoms with Crippen LogP contribution in [0, 0.1) is 0 Å². The summed E-state index contributed by atoms with van der Waals surface area (Å²) in [5, 5.41) is 10.8. The molecule has 0 aromatic heterocycles. The van der Waals surface area contributed by atoms with E-state index >= 15 is 0 Å². The number of carboxylic acid groups (broad SMARTS) is 1. The second kappa shape index (κ2) is 12.9. The van der Waals surface area contributed by atoms with Gasteiger partial charge in [-0.05, 0) is 60.9 Å². The maximum atomic E-state index is 13.6. The Morgan fingerprint density at radius 3 is 2.33 bits per heavy atom. The number of aliphatic carboxylic acids is 1. The van der Waals surface area contributed by atoms with Gasteiger partial charge in [0.25, 0.3) is 10.0 Å². The molecule has 1 aliphatic heterocycles. The Morgan fingerprint density at radius 2 is 1.69 bits per heavy atom. The van der Waals surface area contributed by atoms with Crippen molar-refractivity contribution in [1.29, 1.82) is 0 Å². The Balaban J connectivity index is 0.00000484. The van der Waals surface area contributed by atoms with Gasteiger partial charge in [-0.15, -0.1) is 0 Å². The number of halogens is 7. The minimum atomic E-state index is -4.82. The molecule has 0 amide bonds. The number of rotatable bonds is 7. The van der Waals surface area contributed by atoms with Crippen molar-refractivity contribution in [2.45, 2.75) is 36.2 Å². The van der Waals surface area contributed by atoms with Gasteiger partial charge in [-0.1, -0.05) is 42.0 Å². The Kier molecular flexibility index (Phi) is 10.4. The number of sulfonamides is 1. The number of carboxylic acids is 1. The summed E-state index contributed by atoms with van der Waals surface area (Å²) in [6.07, 6.45) is -8.79. The number of fused-ring (bicyclic) bond motifs is 1.